The number of nitrogens with one attached hydrogen (secondary N) is 1. The predicted molar refractivity (Wildman–Crippen MR) is 127 cm³/mol. The van der Waals surface area contributed by atoms with Gasteiger partial charge in [-0.05, 0) is 36.4 Å². The number of rotatable bonds is 6. The number of benzene rings is 1. The van der Waals surface area contributed by atoms with E-state index in [4.69, 9.17) is 14.2 Å². The van der Waals surface area contributed by atoms with Gasteiger partial charge in [-0.1, -0.05) is 0 Å². The van der Waals surface area contributed by atoms with Crippen molar-refractivity contribution in [3.63, 3.8) is 0 Å². The van der Waals surface area contributed by atoms with Crippen LogP contribution >= 0.6 is 0 Å². The molecule has 1 N–H and O–H groups in total. The van der Waals surface area contributed by atoms with E-state index in [0.29, 0.717) is 36.2 Å². The van der Waals surface area contributed by atoms with Crippen molar-refractivity contribution in [1.29, 1.82) is 5.26 Å². The lowest BCUT2D eigenvalue weighted by Crippen LogP contribution is -2.36. The van der Waals surface area contributed by atoms with E-state index in [9.17, 15) is 5.26 Å². The highest BCUT2D eigenvalue weighted by molar-refractivity contribution is 5.66. The van der Waals surface area contributed by atoms with Crippen molar-refractivity contribution in [1.82, 2.24) is 15.0 Å². The lowest BCUT2D eigenvalue weighted by molar-refractivity contribution is 0.0254. The molecule has 2 aromatic heterocycles. The Labute approximate surface area is 198 Å². The van der Waals surface area contributed by atoms with Gasteiger partial charge in [-0.25, -0.2) is 15.0 Å². The molecule has 4 heterocycles. The van der Waals surface area contributed by atoms with Crippen LogP contribution in [0.4, 0.5) is 17.5 Å². The van der Waals surface area contributed by atoms with Crippen LogP contribution in [0.15, 0.2) is 48.8 Å². The lowest BCUT2D eigenvalue weighted by Gasteiger charge is -2.27. The summed E-state index contributed by atoms with van der Waals surface area (Å²) in [5, 5.41) is 12.9. The summed E-state index contributed by atoms with van der Waals surface area (Å²) >= 11 is 0. The fourth-order valence-corrected chi connectivity index (χ4v) is 4.00. The van der Waals surface area contributed by atoms with Crippen molar-refractivity contribution < 1.29 is 14.2 Å². The fraction of sp³-hybridized carbons (Fsp3) is 0.360. The Morgan fingerprint density at radius 1 is 1.00 bits per heavy atom. The van der Waals surface area contributed by atoms with Crippen molar-refractivity contribution in [3.8, 4) is 23.1 Å². The van der Waals surface area contributed by atoms with Gasteiger partial charge in [0.15, 0.2) is 0 Å². The molecule has 2 fully saturated rings. The van der Waals surface area contributed by atoms with E-state index in [1.54, 1.807) is 18.5 Å². The van der Waals surface area contributed by atoms with Gasteiger partial charge < -0.3 is 24.4 Å². The van der Waals surface area contributed by atoms with Crippen LogP contribution in [0, 0.1) is 11.3 Å². The van der Waals surface area contributed by atoms with Gasteiger partial charge in [0, 0.05) is 37.7 Å². The first-order valence-corrected chi connectivity index (χ1v) is 11.5. The van der Waals surface area contributed by atoms with Crippen molar-refractivity contribution in [3.05, 3.63) is 54.4 Å². The number of hydrogen-bond acceptors (Lipinski definition) is 9. The molecule has 2 aliphatic rings. The summed E-state index contributed by atoms with van der Waals surface area (Å²) in [5.41, 5.74) is 2.82. The van der Waals surface area contributed by atoms with Gasteiger partial charge in [0.05, 0.1) is 49.6 Å². The maximum atomic E-state index is 9.67. The molecule has 0 atom stereocenters. The highest BCUT2D eigenvalue weighted by Crippen LogP contribution is 2.28. The second-order valence-electron chi connectivity index (χ2n) is 8.15. The molecular formula is C25H26N6O3. The van der Waals surface area contributed by atoms with E-state index < -0.39 is 0 Å². The molecule has 3 aromatic rings. The summed E-state index contributed by atoms with van der Waals surface area (Å²) in [4.78, 5) is 15.7. The molecule has 2 saturated heterocycles. The van der Waals surface area contributed by atoms with Crippen molar-refractivity contribution >= 4 is 17.5 Å². The smallest absolute Gasteiger partial charge is 0.227 e. The second kappa shape index (κ2) is 10.5. The van der Waals surface area contributed by atoms with E-state index in [2.05, 4.69) is 31.2 Å². The average molecular weight is 459 g/mol. The zero-order valence-corrected chi connectivity index (χ0v) is 18.8. The number of aromatic nitrogens is 3. The van der Waals surface area contributed by atoms with Gasteiger partial charge in [0.1, 0.15) is 23.7 Å². The molecule has 5 rings (SSSR count). The zero-order chi connectivity index (χ0) is 23.2. The van der Waals surface area contributed by atoms with Crippen LogP contribution in [0.25, 0.3) is 11.3 Å². The quantitative estimate of drug-likeness (QED) is 0.593. The van der Waals surface area contributed by atoms with E-state index in [0.717, 1.165) is 56.2 Å². The van der Waals surface area contributed by atoms with Crippen LogP contribution in [0.1, 0.15) is 18.4 Å². The van der Waals surface area contributed by atoms with E-state index >= 15 is 0 Å². The number of hydrogen-bond donors (Lipinski definition) is 1. The third-order valence-corrected chi connectivity index (χ3v) is 5.85. The molecule has 1 aromatic carbocycles. The molecule has 9 heteroatoms. The van der Waals surface area contributed by atoms with Gasteiger partial charge in [-0.3, -0.25) is 0 Å². The number of nitriles is 1. The summed E-state index contributed by atoms with van der Waals surface area (Å²) in [5.74, 6) is 1.98. The Bertz CT molecular complexity index is 1150. The number of nitrogens with zero attached hydrogens (tertiary/aromatic N) is 5. The van der Waals surface area contributed by atoms with E-state index in [1.807, 2.05) is 30.3 Å². The first-order valence-electron chi connectivity index (χ1n) is 11.5. The average Bonchev–Trinajstić information content (AvgIpc) is 2.91. The first kappa shape index (κ1) is 22.1. The van der Waals surface area contributed by atoms with Crippen molar-refractivity contribution in [2.24, 2.45) is 0 Å². The van der Waals surface area contributed by atoms with Crippen LogP contribution in [0.3, 0.4) is 0 Å². The van der Waals surface area contributed by atoms with E-state index in [-0.39, 0.29) is 6.10 Å². The highest BCUT2D eigenvalue weighted by atomic mass is 16.5. The minimum absolute atomic E-state index is 0.0739. The monoisotopic (exact) mass is 458 g/mol. The normalized spacial score (nSPS) is 16.6. The van der Waals surface area contributed by atoms with Gasteiger partial charge in [-0.2, -0.15) is 5.26 Å². The Kier molecular flexibility index (Phi) is 6.79. The van der Waals surface area contributed by atoms with E-state index in [1.165, 1.54) is 0 Å². The number of pyridine rings is 1. The number of ether oxygens (including phenoxy) is 3. The summed E-state index contributed by atoms with van der Waals surface area (Å²) in [6, 6.07) is 13.6. The Morgan fingerprint density at radius 2 is 1.82 bits per heavy atom. The summed E-state index contributed by atoms with van der Waals surface area (Å²) in [6.45, 7) is 4.50. The third-order valence-electron chi connectivity index (χ3n) is 5.85. The molecule has 0 amide bonds. The van der Waals surface area contributed by atoms with Crippen LogP contribution in [-0.2, 0) is 9.47 Å². The second-order valence-corrected chi connectivity index (χ2v) is 8.15. The molecular weight excluding hydrogens is 432 g/mol. The maximum absolute atomic E-state index is 9.67. The first-order chi connectivity index (χ1) is 16.8. The molecule has 9 nitrogen and oxygen atoms in total. The molecule has 0 saturated carbocycles. The van der Waals surface area contributed by atoms with Crippen LogP contribution in [0.5, 0.6) is 5.75 Å². The minimum atomic E-state index is 0.0739. The summed E-state index contributed by atoms with van der Waals surface area (Å²) in [7, 11) is 0. The van der Waals surface area contributed by atoms with Crippen molar-refractivity contribution in [2.75, 3.05) is 49.7 Å². The molecule has 0 aliphatic carbocycles. The molecule has 0 spiro atoms. The van der Waals surface area contributed by atoms with Crippen LogP contribution in [-0.4, -0.2) is 60.6 Å². The molecule has 0 bridgehead atoms. The Morgan fingerprint density at radius 3 is 2.59 bits per heavy atom. The maximum Gasteiger partial charge on any atom is 0.227 e. The molecule has 34 heavy (non-hydrogen) atoms. The third kappa shape index (κ3) is 5.25. The predicted octanol–water partition coefficient (Wildman–Crippen LogP) is 3.55. The van der Waals surface area contributed by atoms with Crippen molar-refractivity contribution in [2.45, 2.75) is 18.9 Å². The summed E-state index contributed by atoms with van der Waals surface area (Å²) < 4.78 is 16.8. The number of anilines is 3. The van der Waals surface area contributed by atoms with Gasteiger partial charge in [0.2, 0.25) is 5.95 Å². The van der Waals surface area contributed by atoms with Crippen LogP contribution in [0.2, 0.25) is 0 Å². The lowest BCUT2D eigenvalue weighted by atomic mass is 10.1. The number of morpholine rings is 1. The topological polar surface area (TPSA) is 105 Å². The molecule has 2 aliphatic heterocycles. The fourth-order valence-electron chi connectivity index (χ4n) is 4.00. The van der Waals surface area contributed by atoms with Gasteiger partial charge in [0.25, 0.3) is 0 Å². The molecule has 0 unspecified atom stereocenters. The van der Waals surface area contributed by atoms with Gasteiger partial charge >= 0.3 is 0 Å². The van der Waals surface area contributed by atoms with Crippen LogP contribution < -0.4 is 15.0 Å². The Balaban J connectivity index is 1.29. The largest absolute Gasteiger partial charge is 0.489 e. The standard InChI is InChI=1S/C25H26N6O3/c26-16-19-15-18(1-3-23(19)34-21-6-11-32-12-7-21)22-5-8-27-25(30-22)29-20-2-4-24(28-17-20)31-9-13-33-14-10-31/h1-5,8,15,17,21H,6-7,9-14H2,(H,27,29,30). The SMILES string of the molecule is N#Cc1cc(-c2ccnc(Nc3ccc(N4CCOCC4)nc3)n2)ccc1OC1CCOCC1. The Hall–Kier alpha value is -3.74. The van der Waals surface area contributed by atoms with Gasteiger partial charge in [-0.15, -0.1) is 0 Å². The zero-order valence-electron chi connectivity index (χ0n) is 18.8. The summed E-state index contributed by atoms with van der Waals surface area (Å²) in [6.07, 6.45) is 5.20. The molecule has 0 radical (unpaired) electrons. The molecule has 174 valence electrons. The highest BCUT2D eigenvalue weighted by Gasteiger charge is 2.18. The minimum Gasteiger partial charge on any atom is -0.489 e.